The number of benzene rings is 1. The third-order valence-electron chi connectivity index (χ3n) is 3.56. The van der Waals surface area contributed by atoms with Crippen molar-refractivity contribution in [1.82, 2.24) is 4.98 Å². The van der Waals surface area contributed by atoms with Gasteiger partial charge in [0.05, 0.1) is 17.1 Å². The van der Waals surface area contributed by atoms with Gasteiger partial charge in [-0.05, 0) is 30.9 Å². The van der Waals surface area contributed by atoms with Crippen molar-refractivity contribution < 1.29 is 0 Å². The van der Waals surface area contributed by atoms with Gasteiger partial charge in [-0.15, -0.1) is 0 Å². The first-order valence-electron chi connectivity index (χ1n) is 6.32. The lowest BCUT2D eigenvalue weighted by molar-refractivity contribution is 0.308. The fourth-order valence-electron chi connectivity index (χ4n) is 2.57. The van der Waals surface area contributed by atoms with Crippen molar-refractivity contribution in [2.24, 2.45) is 5.92 Å². The molecule has 1 heterocycles. The summed E-state index contributed by atoms with van der Waals surface area (Å²) in [6.45, 7) is 2.26. The first-order chi connectivity index (χ1) is 8.76. The van der Waals surface area contributed by atoms with Crippen molar-refractivity contribution in [3.63, 3.8) is 0 Å². The molecule has 1 N–H and O–H groups in total. The normalized spacial score (nSPS) is 22.2. The van der Waals surface area contributed by atoms with E-state index in [0.717, 1.165) is 22.6 Å². The van der Waals surface area contributed by atoms with Gasteiger partial charge in [-0.25, -0.2) is 4.98 Å². The van der Waals surface area contributed by atoms with Crippen LogP contribution in [0.1, 0.15) is 25.3 Å². The SMILES string of the molecule is CC1CC(Nc2cc(C#N)c3ccccc3n2)C1. The molecule has 0 saturated heterocycles. The quantitative estimate of drug-likeness (QED) is 0.871. The van der Waals surface area contributed by atoms with Crippen LogP contribution >= 0.6 is 0 Å². The Labute approximate surface area is 106 Å². The van der Waals surface area contributed by atoms with Gasteiger partial charge in [0.25, 0.3) is 0 Å². The summed E-state index contributed by atoms with van der Waals surface area (Å²) in [7, 11) is 0. The van der Waals surface area contributed by atoms with Gasteiger partial charge >= 0.3 is 0 Å². The predicted molar refractivity (Wildman–Crippen MR) is 72.3 cm³/mol. The summed E-state index contributed by atoms with van der Waals surface area (Å²) in [5.74, 6) is 1.63. The van der Waals surface area contributed by atoms with E-state index >= 15 is 0 Å². The summed E-state index contributed by atoms with van der Waals surface area (Å²) in [5.41, 5.74) is 1.57. The molecule has 90 valence electrons. The van der Waals surface area contributed by atoms with Crippen LogP contribution in [0.25, 0.3) is 10.9 Å². The molecule has 1 aromatic heterocycles. The maximum absolute atomic E-state index is 9.20. The van der Waals surface area contributed by atoms with Crippen LogP contribution in [0.5, 0.6) is 0 Å². The lowest BCUT2D eigenvalue weighted by Crippen LogP contribution is -2.34. The lowest BCUT2D eigenvalue weighted by Gasteiger charge is -2.33. The van der Waals surface area contributed by atoms with Crippen molar-refractivity contribution in [3.8, 4) is 6.07 Å². The first-order valence-corrected chi connectivity index (χ1v) is 6.32. The van der Waals surface area contributed by atoms with Crippen molar-refractivity contribution in [2.45, 2.75) is 25.8 Å². The number of para-hydroxylation sites is 1. The fourth-order valence-corrected chi connectivity index (χ4v) is 2.57. The van der Waals surface area contributed by atoms with E-state index in [2.05, 4.69) is 23.3 Å². The molecular formula is C15H15N3. The van der Waals surface area contributed by atoms with Crippen LogP contribution in [0.2, 0.25) is 0 Å². The molecule has 18 heavy (non-hydrogen) atoms. The molecule has 0 bridgehead atoms. The van der Waals surface area contributed by atoms with E-state index in [1.807, 2.05) is 30.3 Å². The molecule has 0 atom stereocenters. The molecule has 3 nitrogen and oxygen atoms in total. The number of nitrogens with zero attached hydrogens (tertiary/aromatic N) is 2. The van der Waals surface area contributed by atoms with Gasteiger partial charge in [-0.2, -0.15) is 5.26 Å². The maximum atomic E-state index is 9.20. The summed E-state index contributed by atoms with van der Waals surface area (Å²) >= 11 is 0. The minimum absolute atomic E-state index is 0.514. The Bertz CT molecular complexity index is 621. The summed E-state index contributed by atoms with van der Waals surface area (Å²) < 4.78 is 0. The second-order valence-electron chi connectivity index (χ2n) is 5.10. The Balaban J connectivity index is 1.96. The first kappa shape index (κ1) is 11.0. The molecule has 1 aliphatic rings. The van der Waals surface area contributed by atoms with Gasteiger partial charge < -0.3 is 5.32 Å². The Hall–Kier alpha value is -2.08. The average molecular weight is 237 g/mol. The summed E-state index contributed by atoms with van der Waals surface area (Å²) in [6, 6.07) is 12.4. The van der Waals surface area contributed by atoms with Gasteiger partial charge in [-0.1, -0.05) is 25.1 Å². The molecule has 1 aromatic carbocycles. The molecular weight excluding hydrogens is 222 g/mol. The number of rotatable bonds is 2. The van der Waals surface area contributed by atoms with Crippen LogP contribution in [0.15, 0.2) is 30.3 Å². The second kappa shape index (κ2) is 4.30. The van der Waals surface area contributed by atoms with E-state index in [-0.39, 0.29) is 0 Å². The minimum atomic E-state index is 0.514. The molecule has 0 aliphatic heterocycles. The summed E-state index contributed by atoms with van der Waals surface area (Å²) in [5, 5.41) is 13.5. The molecule has 0 radical (unpaired) electrons. The smallest absolute Gasteiger partial charge is 0.128 e. The zero-order valence-electron chi connectivity index (χ0n) is 10.4. The van der Waals surface area contributed by atoms with Crippen molar-refractivity contribution in [1.29, 1.82) is 5.26 Å². The third kappa shape index (κ3) is 1.91. The molecule has 0 spiro atoms. The molecule has 3 heteroatoms. The fraction of sp³-hybridized carbons (Fsp3) is 0.333. The van der Waals surface area contributed by atoms with Gasteiger partial charge in [0.2, 0.25) is 0 Å². The van der Waals surface area contributed by atoms with E-state index in [1.165, 1.54) is 12.8 Å². The number of nitriles is 1. The van der Waals surface area contributed by atoms with Gasteiger partial charge in [0.1, 0.15) is 5.82 Å². The highest BCUT2D eigenvalue weighted by atomic mass is 15.0. The van der Waals surface area contributed by atoms with Crippen LogP contribution in [-0.4, -0.2) is 11.0 Å². The molecule has 0 unspecified atom stereocenters. The van der Waals surface area contributed by atoms with Crippen LogP contribution in [0.3, 0.4) is 0 Å². The lowest BCUT2D eigenvalue weighted by atomic mass is 9.82. The zero-order chi connectivity index (χ0) is 12.5. The molecule has 1 aliphatic carbocycles. The topological polar surface area (TPSA) is 48.7 Å². The molecule has 1 fully saturated rings. The minimum Gasteiger partial charge on any atom is -0.367 e. The number of hydrogen-bond acceptors (Lipinski definition) is 3. The molecule has 2 aromatic rings. The Morgan fingerprint density at radius 1 is 1.33 bits per heavy atom. The van der Waals surface area contributed by atoms with Crippen LogP contribution in [0.4, 0.5) is 5.82 Å². The van der Waals surface area contributed by atoms with E-state index in [1.54, 1.807) is 0 Å². The number of anilines is 1. The van der Waals surface area contributed by atoms with Crippen LogP contribution in [0, 0.1) is 17.2 Å². The van der Waals surface area contributed by atoms with E-state index in [9.17, 15) is 5.26 Å². The molecule has 1 saturated carbocycles. The van der Waals surface area contributed by atoms with Gasteiger partial charge in [0, 0.05) is 11.4 Å². The molecule has 0 amide bonds. The number of pyridine rings is 1. The summed E-state index contributed by atoms with van der Waals surface area (Å²) in [4.78, 5) is 4.57. The Morgan fingerprint density at radius 3 is 2.83 bits per heavy atom. The number of fused-ring (bicyclic) bond motifs is 1. The number of hydrogen-bond donors (Lipinski definition) is 1. The van der Waals surface area contributed by atoms with Gasteiger partial charge in [0.15, 0.2) is 0 Å². The molecule has 3 rings (SSSR count). The van der Waals surface area contributed by atoms with E-state index < -0.39 is 0 Å². The largest absolute Gasteiger partial charge is 0.367 e. The summed E-state index contributed by atoms with van der Waals surface area (Å²) in [6.07, 6.45) is 2.38. The zero-order valence-corrected chi connectivity index (χ0v) is 10.4. The van der Waals surface area contributed by atoms with Crippen molar-refractivity contribution in [3.05, 3.63) is 35.9 Å². The van der Waals surface area contributed by atoms with Crippen LogP contribution < -0.4 is 5.32 Å². The maximum Gasteiger partial charge on any atom is 0.128 e. The van der Waals surface area contributed by atoms with Gasteiger partial charge in [-0.3, -0.25) is 0 Å². The third-order valence-corrected chi connectivity index (χ3v) is 3.56. The number of nitrogens with one attached hydrogen (secondary N) is 1. The van der Waals surface area contributed by atoms with Crippen molar-refractivity contribution >= 4 is 16.7 Å². The van der Waals surface area contributed by atoms with Crippen LogP contribution in [-0.2, 0) is 0 Å². The monoisotopic (exact) mass is 237 g/mol. The second-order valence-corrected chi connectivity index (χ2v) is 5.10. The highest BCUT2D eigenvalue weighted by Crippen LogP contribution is 2.30. The highest BCUT2D eigenvalue weighted by molar-refractivity contribution is 5.86. The average Bonchev–Trinajstić information content (AvgIpc) is 2.36. The predicted octanol–water partition coefficient (Wildman–Crippen LogP) is 3.32. The van der Waals surface area contributed by atoms with Crippen molar-refractivity contribution in [2.75, 3.05) is 5.32 Å². The Morgan fingerprint density at radius 2 is 2.11 bits per heavy atom. The van der Waals surface area contributed by atoms with E-state index in [4.69, 9.17) is 0 Å². The number of aromatic nitrogens is 1. The highest BCUT2D eigenvalue weighted by Gasteiger charge is 2.25. The van der Waals surface area contributed by atoms with E-state index in [0.29, 0.717) is 11.6 Å². The Kier molecular flexibility index (Phi) is 2.64. The standard InChI is InChI=1S/C15H15N3/c1-10-6-12(7-10)17-15-8-11(9-16)13-4-2-3-5-14(13)18-15/h2-5,8,10,12H,6-7H2,1H3,(H,17,18).